The molecule has 0 amide bonds. The fourth-order valence-electron chi connectivity index (χ4n) is 1.54. The van der Waals surface area contributed by atoms with E-state index in [1.54, 1.807) is 0 Å². The van der Waals surface area contributed by atoms with Gasteiger partial charge in [-0.05, 0) is 19.3 Å². The molecule has 0 aromatic heterocycles. The molecule has 2 unspecified atom stereocenters. The molecule has 1 aliphatic carbocycles. The van der Waals surface area contributed by atoms with E-state index in [-0.39, 0.29) is 12.0 Å². The van der Waals surface area contributed by atoms with E-state index >= 15 is 0 Å². The van der Waals surface area contributed by atoms with Crippen LogP contribution in [0.4, 0.5) is 0 Å². The van der Waals surface area contributed by atoms with Crippen LogP contribution in [0.5, 0.6) is 0 Å². The van der Waals surface area contributed by atoms with Crippen LogP contribution in [-0.2, 0) is 0 Å². The molecule has 60 valence electrons. The molecule has 3 nitrogen and oxygen atoms in total. The van der Waals surface area contributed by atoms with Gasteiger partial charge in [0.15, 0.2) is 6.29 Å². The van der Waals surface area contributed by atoms with Gasteiger partial charge in [-0.1, -0.05) is 6.42 Å². The number of aliphatic hydroxyl groups is 2. The Morgan fingerprint density at radius 3 is 2.40 bits per heavy atom. The highest BCUT2D eigenvalue weighted by Crippen LogP contribution is 2.24. The average Bonchev–Trinajstić information content (AvgIpc) is 1.88. The van der Waals surface area contributed by atoms with Crippen molar-refractivity contribution in [2.45, 2.75) is 38.0 Å². The van der Waals surface area contributed by atoms with Crippen LogP contribution in [0.25, 0.3) is 0 Å². The molecule has 0 aromatic rings. The summed E-state index contributed by atoms with van der Waals surface area (Å²) < 4.78 is 0. The molecule has 1 rings (SSSR count). The van der Waals surface area contributed by atoms with Gasteiger partial charge in [-0.25, -0.2) is 0 Å². The monoisotopic (exact) mass is 145 g/mol. The largest absolute Gasteiger partial charge is 0.368 e. The Bertz CT molecular complexity index is 106. The Hall–Kier alpha value is -0.120. The molecule has 0 spiro atoms. The summed E-state index contributed by atoms with van der Waals surface area (Å²) in [5.41, 5.74) is 5.64. The number of rotatable bonds is 1. The first-order valence-electron chi connectivity index (χ1n) is 3.82. The Morgan fingerprint density at radius 2 is 2.00 bits per heavy atom. The summed E-state index contributed by atoms with van der Waals surface area (Å²) in [4.78, 5) is 0. The minimum absolute atomic E-state index is 0.0174. The highest BCUT2D eigenvalue weighted by atomic mass is 16.5. The lowest BCUT2D eigenvalue weighted by molar-refractivity contribution is -0.0942. The van der Waals surface area contributed by atoms with Gasteiger partial charge in [-0.15, -0.1) is 0 Å². The number of hydrogen-bond donors (Lipinski definition) is 3. The van der Waals surface area contributed by atoms with Crippen LogP contribution in [-0.4, -0.2) is 22.5 Å². The van der Waals surface area contributed by atoms with Crippen molar-refractivity contribution in [3.05, 3.63) is 0 Å². The van der Waals surface area contributed by atoms with E-state index in [4.69, 9.17) is 15.9 Å². The molecule has 0 aromatic carbocycles. The molecule has 0 bridgehead atoms. The van der Waals surface area contributed by atoms with Gasteiger partial charge in [0.2, 0.25) is 0 Å². The van der Waals surface area contributed by atoms with Gasteiger partial charge >= 0.3 is 0 Å². The molecular formula is C7H15NO2. The van der Waals surface area contributed by atoms with Crippen molar-refractivity contribution in [1.29, 1.82) is 0 Å². The summed E-state index contributed by atoms with van der Waals surface area (Å²) in [7, 11) is 0. The zero-order valence-electron chi connectivity index (χ0n) is 6.03. The molecule has 0 aliphatic heterocycles. The van der Waals surface area contributed by atoms with Crippen LogP contribution in [0.3, 0.4) is 0 Å². The third-order valence-electron chi connectivity index (χ3n) is 2.18. The lowest BCUT2D eigenvalue weighted by Crippen LogP contribution is -2.33. The highest BCUT2D eigenvalue weighted by Gasteiger charge is 2.23. The van der Waals surface area contributed by atoms with Crippen LogP contribution in [0.1, 0.15) is 25.7 Å². The lowest BCUT2D eigenvalue weighted by Gasteiger charge is -2.27. The van der Waals surface area contributed by atoms with Crippen LogP contribution >= 0.6 is 0 Å². The SMILES string of the molecule is NC1CCCC(C(O)O)C1. The first-order chi connectivity index (χ1) is 4.70. The molecule has 1 fully saturated rings. The van der Waals surface area contributed by atoms with Gasteiger partial charge < -0.3 is 15.9 Å². The summed E-state index contributed by atoms with van der Waals surface area (Å²) in [6.07, 6.45) is 2.57. The zero-order valence-corrected chi connectivity index (χ0v) is 6.03. The Kier molecular flexibility index (Phi) is 2.65. The normalized spacial score (nSPS) is 34.8. The topological polar surface area (TPSA) is 66.5 Å². The first-order valence-corrected chi connectivity index (χ1v) is 3.82. The van der Waals surface area contributed by atoms with Crippen molar-refractivity contribution in [3.8, 4) is 0 Å². The molecule has 2 atom stereocenters. The van der Waals surface area contributed by atoms with E-state index in [0.717, 1.165) is 25.7 Å². The van der Waals surface area contributed by atoms with Gasteiger partial charge in [0.05, 0.1) is 0 Å². The summed E-state index contributed by atoms with van der Waals surface area (Å²) in [5, 5.41) is 17.6. The molecule has 10 heavy (non-hydrogen) atoms. The number of aliphatic hydroxyl groups excluding tert-OH is 1. The molecule has 0 radical (unpaired) electrons. The van der Waals surface area contributed by atoms with Crippen LogP contribution in [0.15, 0.2) is 0 Å². The van der Waals surface area contributed by atoms with Crippen LogP contribution in [0.2, 0.25) is 0 Å². The third-order valence-corrected chi connectivity index (χ3v) is 2.18. The van der Waals surface area contributed by atoms with Gasteiger partial charge in [0.1, 0.15) is 0 Å². The van der Waals surface area contributed by atoms with Gasteiger partial charge in [-0.3, -0.25) is 0 Å². The van der Waals surface area contributed by atoms with Gasteiger partial charge in [0.25, 0.3) is 0 Å². The smallest absolute Gasteiger partial charge is 0.154 e. The molecule has 0 heterocycles. The van der Waals surface area contributed by atoms with Crippen LogP contribution in [0, 0.1) is 5.92 Å². The zero-order chi connectivity index (χ0) is 7.56. The molecular weight excluding hydrogens is 130 g/mol. The van der Waals surface area contributed by atoms with E-state index in [2.05, 4.69) is 0 Å². The standard InChI is InChI=1S/C7H15NO2/c8-6-3-1-2-5(4-6)7(9)10/h5-7,9-10H,1-4,8H2. The maximum atomic E-state index is 8.79. The first kappa shape index (κ1) is 7.98. The molecule has 3 heteroatoms. The average molecular weight is 145 g/mol. The molecule has 1 aliphatic rings. The van der Waals surface area contributed by atoms with Gasteiger partial charge in [0, 0.05) is 12.0 Å². The quantitative estimate of drug-likeness (QED) is 0.448. The summed E-state index contributed by atoms with van der Waals surface area (Å²) in [5.74, 6) is 0.0174. The van der Waals surface area contributed by atoms with Crippen molar-refractivity contribution in [2.75, 3.05) is 0 Å². The summed E-state index contributed by atoms with van der Waals surface area (Å²) in [6, 6.07) is 0.181. The second-order valence-electron chi connectivity index (χ2n) is 3.10. The van der Waals surface area contributed by atoms with Crippen molar-refractivity contribution >= 4 is 0 Å². The predicted molar refractivity (Wildman–Crippen MR) is 38.2 cm³/mol. The predicted octanol–water partition coefficient (Wildman–Crippen LogP) is -0.185. The Labute approximate surface area is 60.9 Å². The Balaban J connectivity index is 2.32. The van der Waals surface area contributed by atoms with E-state index in [1.807, 2.05) is 0 Å². The maximum absolute atomic E-state index is 8.79. The molecule has 1 saturated carbocycles. The maximum Gasteiger partial charge on any atom is 0.154 e. The van der Waals surface area contributed by atoms with E-state index in [1.165, 1.54) is 0 Å². The summed E-state index contributed by atoms with van der Waals surface area (Å²) >= 11 is 0. The third kappa shape index (κ3) is 1.94. The van der Waals surface area contributed by atoms with E-state index in [9.17, 15) is 0 Å². The van der Waals surface area contributed by atoms with Crippen molar-refractivity contribution < 1.29 is 10.2 Å². The second-order valence-corrected chi connectivity index (χ2v) is 3.10. The van der Waals surface area contributed by atoms with Crippen molar-refractivity contribution in [1.82, 2.24) is 0 Å². The van der Waals surface area contributed by atoms with Gasteiger partial charge in [-0.2, -0.15) is 0 Å². The molecule has 0 saturated heterocycles. The number of hydrogen-bond acceptors (Lipinski definition) is 3. The molecule has 4 N–H and O–H groups in total. The Morgan fingerprint density at radius 1 is 1.30 bits per heavy atom. The van der Waals surface area contributed by atoms with E-state index < -0.39 is 6.29 Å². The second kappa shape index (κ2) is 3.32. The minimum atomic E-state index is -1.16. The fraction of sp³-hybridized carbons (Fsp3) is 1.00. The van der Waals surface area contributed by atoms with Crippen molar-refractivity contribution in [2.24, 2.45) is 11.7 Å². The highest BCUT2D eigenvalue weighted by molar-refractivity contribution is 4.75. The summed E-state index contributed by atoms with van der Waals surface area (Å²) in [6.45, 7) is 0. The number of nitrogens with two attached hydrogens (primary N) is 1. The minimum Gasteiger partial charge on any atom is -0.368 e. The van der Waals surface area contributed by atoms with E-state index in [0.29, 0.717) is 0 Å². The van der Waals surface area contributed by atoms with Crippen molar-refractivity contribution in [3.63, 3.8) is 0 Å². The van der Waals surface area contributed by atoms with Crippen LogP contribution < -0.4 is 5.73 Å². The lowest BCUT2D eigenvalue weighted by atomic mass is 9.86. The fourth-order valence-corrected chi connectivity index (χ4v) is 1.54.